The van der Waals surface area contributed by atoms with Crippen LogP contribution in [-0.2, 0) is 32.5 Å². The minimum absolute atomic E-state index is 0.0924. The molecule has 0 saturated carbocycles. The van der Waals surface area contributed by atoms with Gasteiger partial charge in [-0.1, -0.05) is 344 Å². The zero-order valence-electron chi connectivity index (χ0n) is 72.7. The molecule has 4 aromatic heterocycles. The fourth-order valence-corrected chi connectivity index (χ4v) is 19.9. The molecule has 0 bridgehead atoms. The van der Waals surface area contributed by atoms with E-state index in [9.17, 15) is 0 Å². The number of hydrogen-bond acceptors (Lipinski definition) is 8. The molecule has 125 heavy (non-hydrogen) atoms. The number of anilines is 6. The summed E-state index contributed by atoms with van der Waals surface area (Å²) in [5.41, 5.74) is 32.8. The first kappa shape index (κ1) is 77.8. The topological polar surface area (TPSA) is 84.6 Å². The Bertz CT molecular complexity index is 7430. The fourth-order valence-electron chi connectivity index (χ4n) is 19.9. The SMILES string of the molecule is CC1(C)c2cc(-c3ccc(-c4nc(-c5ccccc5)nc(-c5ccccc5)n4)cc3)ccc2-c2c(ccc3c2oc2ccccc23)C1(C)C.CC1(C)c2cc(N(c3ccccc3)c3ccccc3)ccc2-c2c(ccc3c2oc2ccccc23)C1(C)C.CC1(C)c2cc(N(c3ccccc3)c3ccccc3)ccc2-c2cc3oc4ccccc4c3cc2C1(C)C. The minimum atomic E-state index is -0.128. The highest BCUT2D eigenvalue weighted by Gasteiger charge is 2.50. The lowest BCUT2D eigenvalue weighted by molar-refractivity contribution is 0.299. The molecule has 0 unspecified atom stereocenters. The van der Waals surface area contributed by atoms with Crippen LogP contribution in [0.1, 0.15) is 116 Å². The summed E-state index contributed by atoms with van der Waals surface area (Å²) in [4.78, 5) is 19.4. The molecule has 20 aromatic rings. The first-order valence-corrected chi connectivity index (χ1v) is 43.6. The summed E-state index contributed by atoms with van der Waals surface area (Å²) < 4.78 is 19.5. The van der Waals surface area contributed by atoms with Gasteiger partial charge in [0.05, 0.1) is 0 Å². The summed E-state index contributed by atoms with van der Waals surface area (Å²) in [7, 11) is 0. The third kappa shape index (κ3) is 12.6. The number of fused-ring (bicyclic) bond motifs is 20. The first-order chi connectivity index (χ1) is 60.5. The van der Waals surface area contributed by atoms with Gasteiger partial charge in [-0.3, -0.25) is 0 Å². The van der Waals surface area contributed by atoms with E-state index in [-0.39, 0.29) is 32.5 Å². The summed E-state index contributed by atoms with van der Waals surface area (Å²) in [5.74, 6) is 1.97. The lowest BCUT2D eigenvalue weighted by atomic mass is 9.55. The van der Waals surface area contributed by atoms with Crippen molar-refractivity contribution in [2.24, 2.45) is 0 Å². The maximum absolute atomic E-state index is 6.60. The normalized spacial score (nSPS) is 14.9. The van der Waals surface area contributed by atoms with Gasteiger partial charge >= 0.3 is 0 Å². The van der Waals surface area contributed by atoms with Gasteiger partial charge in [-0.2, -0.15) is 0 Å². The fraction of sp³-hybridized carbons (Fsp3) is 0.154. The number of hydrogen-bond donors (Lipinski definition) is 0. The number of para-hydroxylation sites is 7. The van der Waals surface area contributed by atoms with E-state index in [2.05, 4.69) is 384 Å². The molecule has 8 nitrogen and oxygen atoms in total. The molecule has 608 valence electrons. The van der Waals surface area contributed by atoms with E-state index in [1.54, 1.807) is 0 Å². The number of aromatic nitrogens is 3. The lowest BCUT2D eigenvalue weighted by Crippen LogP contribution is -2.43. The van der Waals surface area contributed by atoms with Gasteiger partial charge in [0.25, 0.3) is 0 Å². The lowest BCUT2D eigenvalue weighted by Gasteiger charge is -2.48. The Morgan fingerprint density at radius 1 is 0.192 bits per heavy atom. The second-order valence-corrected chi connectivity index (χ2v) is 37.0. The molecule has 3 aliphatic carbocycles. The summed E-state index contributed by atoms with van der Waals surface area (Å²) in [6.45, 7) is 28.6. The molecule has 4 heterocycles. The largest absolute Gasteiger partial charge is 0.456 e. The number of nitrogens with zero attached hydrogens (tertiary/aromatic N) is 5. The summed E-state index contributed by atoms with van der Waals surface area (Å²) in [6.07, 6.45) is 0. The first-order valence-electron chi connectivity index (χ1n) is 43.6. The summed E-state index contributed by atoms with van der Waals surface area (Å²) in [6, 6.07) is 131. The van der Waals surface area contributed by atoms with Crippen LogP contribution in [0.2, 0.25) is 0 Å². The molecule has 0 atom stereocenters. The Labute approximate surface area is 730 Å². The van der Waals surface area contributed by atoms with Crippen molar-refractivity contribution < 1.29 is 13.3 Å². The molecule has 0 amide bonds. The molecule has 0 N–H and O–H groups in total. The maximum atomic E-state index is 6.60. The highest BCUT2D eigenvalue weighted by Crippen LogP contribution is 2.61. The van der Waals surface area contributed by atoms with Gasteiger partial charge in [0.15, 0.2) is 17.5 Å². The van der Waals surface area contributed by atoms with E-state index in [1.165, 1.54) is 105 Å². The van der Waals surface area contributed by atoms with E-state index < -0.39 is 0 Å². The van der Waals surface area contributed by atoms with Gasteiger partial charge in [0.1, 0.15) is 33.5 Å². The average Bonchev–Trinajstić information content (AvgIpc) is 1.60. The second-order valence-electron chi connectivity index (χ2n) is 37.0. The van der Waals surface area contributed by atoms with Crippen molar-refractivity contribution in [1.82, 2.24) is 15.0 Å². The third-order valence-corrected chi connectivity index (χ3v) is 28.9. The molecule has 0 spiro atoms. The van der Waals surface area contributed by atoms with Crippen LogP contribution in [0.5, 0.6) is 0 Å². The monoisotopic (exact) mass is 1620 g/mol. The Morgan fingerprint density at radius 3 is 0.912 bits per heavy atom. The van der Waals surface area contributed by atoms with Crippen LogP contribution < -0.4 is 9.80 Å². The highest BCUT2D eigenvalue weighted by atomic mass is 16.3. The van der Waals surface area contributed by atoms with Crippen molar-refractivity contribution >= 4 is 99.9 Å². The van der Waals surface area contributed by atoms with Crippen molar-refractivity contribution in [2.75, 3.05) is 9.80 Å². The molecular formula is C117H97N5O3. The Morgan fingerprint density at radius 2 is 0.496 bits per heavy atom. The minimum Gasteiger partial charge on any atom is -0.456 e. The van der Waals surface area contributed by atoms with Crippen molar-refractivity contribution in [3.05, 3.63) is 403 Å². The quantitative estimate of drug-likeness (QED) is 0.134. The standard InChI is InChI=1S/C45H35N3O.2C36H31NO/c1-44(2)36-26-25-34-33-17-11-12-18-38(33)49-40(34)39(36)35-24-23-32(27-37(35)45(44,3)4)28-19-21-31(22-20-28)43-47-41(29-13-7-5-8-14-29)46-42(48-43)30-15-9-6-10-16-30;1-35(2)31-21-26(37(24-13-7-5-8-14-24)25-15-9-6-10-16-25)19-20-27(31)29-23-34-30(22-32(29)36(35,3)4)28-17-11-12-18-33(28)38-34;1-35(2)30-22-21-28-27-17-11-12-18-32(27)38-34(28)33(30)29-20-19-26(23-31(29)36(35,3)4)37(24-13-7-5-8-14-24)25-15-9-6-10-16-25/h5-27H,1-4H3;2*5-23H,1-4H3. The summed E-state index contributed by atoms with van der Waals surface area (Å²) in [5, 5.41) is 7.06. The van der Waals surface area contributed by atoms with Crippen LogP contribution in [0.25, 0.3) is 144 Å². The van der Waals surface area contributed by atoms with E-state index in [0.29, 0.717) is 17.5 Å². The Hall–Kier alpha value is -14.5. The van der Waals surface area contributed by atoms with Gasteiger partial charge in [0.2, 0.25) is 0 Å². The van der Waals surface area contributed by atoms with Gasteiger partial charge < -0.3 is 23.1 Å². The molecule has 23 rings (SSSR count). The van der Waals surface area contributed by atoms with Gasteiger partial charge in [-0.15, -0.1) is 0 Å². The molecule has 0 fully saturated rings. The highest BCUT2D eigenvalue weighted by molar-refractivity contribution is 6.13. The zero-order valence-corrected chi connectivity index (χ0v) is 72.7. The maximum Gasteiger partial charge on any atom is 0.164 e. The van der Waals surface area contributed by atoms with Crippen molar-refractivity contribution in [3.8, 4) is 78.7 Å². The molecule has 16 aromatic carbocycles. The smallest absolute Gasteiger partial charge is 0.164 e. The predicted octanol–water partition coefficient (Wildman–Crippen LogP) is 32.3. The molecule has 0 aliphatic heterocycles. The van der Waals surface area contributed by atoms with Crippen LogP contribution >= 0.6 is 0 Å². The Balaban J connectivity index is 0.000000116. The van der Waals surface area contributed by atoms with Gasteiger partial charge in [-0.25, -0.2) is 15.0 Å². The van der Waals surface area contributed by atoms with E-state index in [1.807, 2.05) is 78.9 Å². The zero-order chi connectivity index (χ0) is 85.5. The van der Waals surface area contributed by atoms with E-state index in [0.717, 1.165) is 89.6 Å². The number of benzene rings is 16. The average molecular weight is 1620 g/mol. The second kappa shape index (κ2) is 29.7. The van der Waals surface area contributed by atoms with Crippen LogP contribution in [0.3, 0.4) is 0 Å². The number of rotatable bonds is 10. The Kier molecular flexibility index (Phi) is 18.5. The van der Waals surface area contributed by atoms with Crippen LogP contribution in [0.4, 0.5) is 34.1 Å². The van der Waals surface area contributed by atoms with Crippen LogP contribution in [0, 0.1) is 0 Å². The van der Waals surface area contributed by atoms with E-state index >= 15 is 0 Å². The van der Waals surface area contributed by atoms with E-state index in [4.69, 9.17) is 28.2 Å². The number of furan rings is 3. The molecule has 8 heteroatoms. The molecule has 0 saturated heterocycles. The molecule has 3 aliphatic rings. The van der Waals surface area contributed by atoms with Crippen LogP contribution in [0.15, 0.2) is 383 Å². The molecular weight excluding hydrogens is 1520 g/mol. The third-order valence-electron chi connectivity index (χ3n) is 28.9. The van der Waals surface area contributed by atoms with Crippen molar-refractivity contribution in [3.63, 3.8) is 0 Å². The molecule has 0 radical (unpaired) electrons. The van der Waals surface area contributed by atoms with Gasteiger partial charge in [-0.05, 0) is 208 Å². The van der Waals surface area contributed by atoms with Crippen LogP contribution in [-0.4, -0.2) is 15.0 Å². The summed E-state index contributed by atoms with van der Waals surface area (Å²) >= 11 is 0. The van der Waals surface area contributed by atoms with Gasteiger partial charge in [0, 0.05) is 94.3 Å². The van der Waals surface area contributed by atoms with Crippen molar-refractivity contribution in [1.29, 1.82) is 0 Å². The predicted molar refractivity (Wildman–Crippen MR) is 520 cm³/mol. The van der Waals surface area contributed by atoms with Crippen molar-refractivity contribution in [2.45, 2.75) is 116 Å².